The van der Waals surface area contributed by atoms with Gasteiger partial charge in [0, 0.05) is 0 Å². The molecule has 1 atom stereocenters. The van der Waals surface area contributed by atoms with Crippen molar-refractivity contribution in [3.8, 4) is 0 Å². The van der Waals surface area contributed by atoms with Crippen LogP contribution in [0.15, 0.2) is 35.8 Å². The smallest absolute Gasteiger partial charge is 0.247 e. The molecule has 6 heteroatoms. The van der Waals surface area contributed by atoms with E-state index < -0.39 is 6.04 Å². The van der Waals surface area contributed by atoms with E-state index in [0.29, 0.717) is 5.13 Å². The molecule has 0 saturated carbocycles. The number of benzene rings is 1. The van der Waals surface area contributed by atoms with Gasteiger partial charge in [-0.25, -0.2) is 0 Å². The summed E-state index contributed by atoms with van der Waals surface area (Å²) < 4.78 is 0. The molecule has 3 N–H and O–H groups in total. The van der Waals surface area contributed by atoms with E-state index in [2.05, 4.69) is 15.5 Å². The van der Waals surface area contributed by atoms with E-state index in [1.165, 1.54) is 11.3 Å². The number of rotatable bonds is 3. The van der Waals surface area contributed by atoms with E-state index in [1.54, 1.807) is 5.51 Å². The maximum Gasteiger partial charge on any atom is 0.247 e. The number of aromatic nitrogens is 2. The largest absolute Gasteiger partial charge is 0.316 e. The lowest BCUT2D eigenvalue weighted by Gasteiger charge is -2.10. The topological polar surface area (TPSA) is 80.9 Å². The Hall–Kier alpha value is -1.79. The summed E-state index contributed by atoms with van der Waals surface area (Å²) in [5.74, 6) is -0.289. The van der Waals surface area contributed by atoms with Gasteiger partial charge in [0.1, 0.15) is 11.6 Å². The van der Waals surface area contributed by atoms with Gasteiger partial charge >= 0.3 is 0 Å². The quantitative estimate of drug-likeness (QED) is 0.835. The first-order chi connectivity index (χ1) is 7.77. The van der Waals surface area contributed by atoms with Crippen LogP contribution in [0.4, 0.5) is 5.13 Å². The molecule has 0 fully saturated rings. The Morgan fingerprint density at radius 3 is 2.75 bits per heavy atom. The molecule has 5 nitrogen and oxygen atoms in total. The lowest BCUT2D eigenvalue weighted by Crippen LogP contribution is -2.27. The third-order valence-electron chi connectivity index (χ3n) is 2.03. The Bertz CT molecular complexity index is 457. The second-order valence-corrected chi connectivity index (χ2v) is 3.95. The van der Waals surface area contributed by atoms with Crippen molar-refractivity contribution in [3.05, 3.63) is 41.4 Å². The summed E-state index contributed by atoms with van der Waals surface area (Å²) in [6.45, 7) is 0. The summed E-state index contributed by atoms with van der Waals surface area (Å²) in [4.78, 5) is 11.7. The normalized spacial score (nSPS) is 12.1. The van der Waals surface area contributed by atoms with E-state index in [1.807, 2.05) is 30.3 Å². The second kappa shape index (κ2) is 4.82. The predicted molar refractivity (Wildman–Crippen MR) is 61.9 cm³/mol. The minimum Gasteiger partial charge on any atom is -0.316 e. The SMILES string of the molecule is NC(C(=O)Nc1nncs1)c1ccccc1. The Balaban J connectivity index is 2.05. The van der Waals surface area contributed by atoms with Crippen LogP contribution in [0, 0.1) is 0 Å². The number of anilines is 1. The highest BCUT2D eigenvalue weighted by atomic mass is 32.1. The molecule has 16 heavy (non-hydrogen) atoms. The fraction of sp³-hybridized carbons (Fsp3) is 0.100. The number of nitrogens with one attached hydrogen (secondary N) is 1. The lowest BCUT2D eigenvalue weighted by molar-refractivity contribution is -0.117. The van der Waals surface area contributed by atoms with E-state index in [4.69, 9.17) is 5.73 Å². The molecule has 0 aliphatic carbocycles. The monoisotopic (exact) mass is 234 g/mol. The third-order valence-corrected chi connectivity index (χ3v) is 2.64. The molecule has 1 unspecified atom stereocenters. The molecule has 1 amide bonds. The highest BCUT2D eigenvalue weighted by molar-refractivity contribution is 7.13. The minimum atomic E-state index is -0.690. The zero-order valence-corrected chi connectivity index (χ0v) is 9.15. The highest BCUT2D eigenvalue weighted by Gasteiger charge is 2.16. The zero-order valence-electron chi connectivity index (χ0n) is 8.33. The summed E-state index contributed by atoms with van der Waals surface area (Å²) in [6.07, 6.45) is 0. The van der Waals surface area contributed by atoms with Crippen LogP contribution < -0.4 is 11.1 Å². The predicted octanol–water partition coefficient (Wildman–Crippen LogP) is 1.18. The number of carbonyl (C=O) groups is 1. The number of nitrogens with zero attached hydrogens (tertiary/aromatic N) is 2. The summed E-state index contributed by atoms with van der Waals surface area (Å²) in [7, 11) is 0. The van der Waals surface area contributed by atoms with Gasteiger partial charge in [-0.3, -0.25) is 10.1 Å². The summed E-state index contributed by atoms with van der Waals surface area (Å²) in [5, 5.41) is 10.4. The van der Waals surface area contributed by atoms with Crippen LogP contribution in [0.5, 0.6) is 0 Å². The van der Waals surface area contributed by atoms with Crippen LogP contribution in [-0.4, -0.2) is 16.1 Å². The summed E-state index contributed by atoms with van der Waals surface area (Å²) in [5.41, 5.74) is 8.11. The Morgan fingerprint density at radius 1 is 1.38 bits per heavy atom. The van der Waals surface area contributed by atoms with E-state index >= 15 is 0 Å². The van der Waals surface area contributed by atoms with Gasteiger partial charge in [0.2, 0.25) is 11.0 Å². The lowest BCUT2D eigenvalue weighted by atomic mass is 10.1. The first-order valence-corrected chi connectivity index (χ1v) is 5.53. The molecule has 82 valence electrons. The fourth-order valence-electron chi connectivity index (χ4n) is 1.22. The summed E-state index contributed by atoms with van der Waals surface area (Å²) >= 11 is 1.25. The maximum absolute atomic E-state index is 11.7. The van der Waals surface area contributed by atoms with Crippen LogP contribution in [0.25, 0.3) is 0 Å². The zero-order chi connectivity index (χ0) is 11.4. The molecule has 0 saturated heterocycles. The molecule has 0 bridgehead atoms. The van der Waals surface area contributed by atoms with Gasteiger partial charge in [0.05, 0.1) is 0 Å². The molecule has 0 spiro atoms. The van der Waals surface area contributed by atoms with Gasteiger partial charge < -0.3 is 5.73 Å². The standard InChI is InChI=1S/C10H10N4OS/c11-8(7-4-2-1-3-5-7)9(15)13-10-14-12-6-16-10/h1-6,8H,11H2,(H,13,14,15). The van der Waals surface area contributed by atoms with Crippen molar-refractivity contribution in [2.24, 2.45) is 5.73 Å². The van der Waals surface area contributed by atoms with Crippen molar-refractivity contribution in [2.45, 2.75) is 6.04 Å². The van der Waals surface area contributed by atoms with Crippen LogP contribution >= 0.6 is 11.3 Å². The van der Waals surface area contributed by atoms with Crippen molar-refractivity contribution in [1.29, 1.82) is 0 Å². The van der Waals surface area contributed by atoms with Crippen LogP contribution in [0.3, 0.4) is 0 Å². The summed E-state index contributed by atoms with van der Waals surface area (Å²) in [6, 6.07) is 8.49. The number of carbonyl (C=O) groups excluding carboxylic acids is 1. The Labute approximate surface area is 96.3 Å². The Morgan fingerprint density at radius 2 is 2.12 bits per heavy atom. The van der Waals surface area contributed by atoms with Gasteiger partial charge in [0.25, 0.3) is 0 Å². The number of nitrogens with two attached hydrogens (primary N) is 1. The average molecular weight is 234 g/mol. The van der Waals surface area contributed by atoms with Crippen LogP contribution in [0.2, 0.25) is 0 Å². The van der Waals surface area contributed by atoms with Crippen molar-refractivity contribution in [1.82, 2.24) is 10.2 Å². The van der Waals surface area contributed by atoms with Crippen molar-refractivity contribution < 1.29 is 4.79 Å². The first-order valence-electron chi connectivity index (χ1n) is 4.65. The van der Waals surface area contributed by atoms with Crippen LogP contribution in [-0.2, 0) is 4.79 Å². The fourth-order valence-corrected chi connectivity index (χ4v) is 1.67. The molecule has 0 aliphatic heterocycles. The molecule has 1 aromatic carbocycles. The second-order valence-electron chi connectivity index (χ2n) is 3.12. The van der Waals surface area contributed by atoms with Gasteiger partial charge in [-0.2, -0.15) is 0 Å². The average Bonchev–Trinajstić information content (AvgIpc) is 2.82. The van der Waals surface area contributed by atoms with Crippen LogP contribution in [0.1, 0.15) is 11.6 Å². The molecular weight excluding hydrogens is 224 g/mol. The molecule has 2 rings (SSSR count). The molecule has 0 radical (unpaired) electrons. The van der Waals surface area contributed by atoms with Crippen molar-refractivity contribution >= 4 is 22.4 Å². The molecule has 0 aliphatic rings. The molecule has 1 aromatic heterocycles. The van der Waals surface area contributed by atoms with E-state index in [0.717, 1.165) is 5.56 Å². The number of amides is 1. The molecular formula is C10H10N4OS. The first kappa shape index (κ1) is 10.7. The molecule has 1 heterocycles. The third kappa shape index (κ3) is 2.41. The maximum atomic E-state index is 11.7. The van der Waals surface area contributed by atoms with Gasteiger partial charge in [-0.1, -0.05) is 41.7 Å². The van der Waals surface area contributed by atoms with Crippen molar-refractivity contribution in [2.75, 3.05) is 5.32 Å². The van der Waals surface area contributed by atoms with Gasteiger partial charge in [-0.15, -0.1) is 10.2 Å². The van der Waals surface area contributed by atoms with Gasteiger partial charge in [0.15, 0.2) is 0 Å². The van der Waals surface area contributed by atoms with E-state index in [-0.39, 0.29) is 5.91 Å². The Kier molecular flexibility index (Phi) is 3.23. The number of hydrogen-bond acceptors (Lipinski definition) is 5. The van der Waals surface area contributed by atoms with E-state index in [9.17, 15) is 4.79 Å². The number of hydrogen-bond donors (Lipinski definition) is 2. The highest BCUT2D eigenvalue weighted by Crippen LogP contribution is 2.14. The molecule has 2 aromatic rings. The minimum absolute atomic E-state index is 0.289. The van der Waals surface area contributed by atoms with Gasteiger partial charge in [-0.05, 0) is 5.56 Å². The van der Waals surface area contributed by atoms with Crippen molar-refractivity contribution in [3.63, 3.8) is 0 Å².